The molecule has 92 valence electrons. The first-order chi connectivity index (χ1) is 8.10. The fraction of sp³-hybridized carbons (Fsp3) is 0.400. The number of nitrogens with zero attached hydrogens (tertiary/aromatic N) is 2. The Hall–Kier alpha value is -0.890. The zero-order chi connectivity index (χ0) is 12.4. The molecule has 1 unspecified atom stereocenters. The van der Waals surface area contributed by atoms with Crippen LogP contribution in [0.5, 0.6) is 0 Å². The molecule has 0 aromatic carbocycles. The van der Waals surface area contributed by atoms with E-state index in [-0.39, 0.29) is 12.6 Å². The van der Waals surface area contributed by atoms with Gasteiger partial charge in [0, 0.05) is 16.0 Å². The van der Waals surface area contributed by atoms with Crippen molar-refractivity contribution in [2.45, 2.75) is 18.1 Å². The van der Waals surface area contributed by atoms with E-state index < -0.39 is 6.10 Å². The minimum absolute atomic E-state index is 0.236. The minimum atomic E-state index is -0.744. The van der Waals surface area contributed by atoms with Crippen molar-refractivity contribution in [2.75, 3.05) is 18.1 Å². The average Bonchev–Trinajstić information content (AvgIpc) is 2.65. The van der Waals surface area contributed by atoms with Crippen LogP contribution in [0.25, 0.3) is 10.2 Å². The van der Waals surface area contributed by atoms with Crippen LogP contribution in [0.15, 0.2) is 11.1 Å². The lowest BCUT2D eigenvalue weighted by molar-refractivity contribution is 0.113. The number of nitrogen functional groups attached to an aromatic ring is 1. The fourth-order valence-electron chi connectivity index (χ4n) is 1.37. The topological polar surface area (TPSA) is 92.3 Å². The molecule has 2 aromatic rings. The molecule has 2 aromatic heterocycles. The summed E-state index contributed by atoms with van der Waals surface area (Å²) in [6.07, 6.45) is -0.744. The highest BCUT2D eigenvalue weighted by Crippen LogP contribution is 2.31. The Kier molecular flexibility index (Phi) is 3.82. The number of fused-ring (bicyclic) bond motifs is 1. The van der Waals surface area contributed by atoms with Crippen molar-refractivity contribution in [3.63, 3.8) is 0 Å². The number of aliphatic hydroxyl groups excluding tert-OH is 2. The lowest BCUT2D eigenvalue weighted by Gasteiger charge is -2.06. The summed E-state index contributed by atoms with van der Waals surface area (Å²) < 4.78 is 0. The van der Waals surface area contributed by atoms with E-state index in [1.807, 2.05) is 13.0 Å². The molecule has 0 aliphatic rings. The van der Waals surface area contributed by atoms with Gasteiger partial charge in [-0.25, -0.2) is 9.97 Å². The van der Waals surface area contributed by atoms with E-state index >= 15 is 0 Å². The molecular weight excluding hydrogens is 258 g/mol. The van der Waals surface area contributed by atoms with Crippen LogP contribution in [0.4, 0.5) is 5.95 Å². The zero-order valence-corrected chi connectivity index (χ0v) is 10.9. The number of thiophene rings is 1. The van der Waals surface area contributed by atoms with Gasteiger partial charge in [0.25, 0.3) is 0 Å². The Morgan fingerprint density at radius 1 is 1.53 bits per heavy atom. The largest absolute Gasteiger partial charge is 0.394 e. The summed E-state index contributed by atoms with van der Waals surface area (Å²) in [6.45, 7) is 1.75. The summed E-state index contributed by atoms with van der Waals surface area (Å²) in [5.74, 6) is 0.622. The first-order valence-electron chi connectivity index (χ1n) is 5.05. The summed E-state index contributed by atoms with van der Waals surface area (Å²) in [6, 6.07) is 2.01. The van der Waals surface area contributed by atoms with Crippen molar-refractivity contribution in [1.29, 1.82) is 0 Å². The van der Waals surface area contributed by atoms with Crippen LogP contribution in [-0.4, -0.2) is 38.6 Å². The molecule has 0 radical (unpaired) electrons. The maximum absolute atomic E-state index is 9.32. The van der Waals surface area contributed by atoms with Gasteiger partial charge in [-0.1, -0.05) is 0 Å². The zero-order valence-electron chi connectivity index (χ0n) is 9.25. The van der Waals surface area contributed by atoms with Crippen LogP contribution in [0.1, 0.15) is 4.88 Å². The van der Waals surface area contributed by atoms with Gasteiger partial charge in [-0.3, -0.25) is 0 Å². The Morgan fingerprint density at radius 2 is 2.29 bits per heavy atom. The Labute approximate surface area is 107 Å². The number of hydrogen-bond donors (Lipinski definition) is 3. The number of aromatic nitrogens is 2. The Balaban J connectivity index is 2.31. The third-order valence-electron chi connectivity index (χ3n) is 2.12. The first-order valence-corrected chi connectivity index (χ1v) is 6.85. The molecule has 5 nitrogen and oxygen atoms in total. The molecule has 0 amide bonds. The predicted molar refractivity (Wildman–Crippen MR) is 70.4 cm³/mol. The van der Waals surface area contributed by atoms with Crippen molar-refractivity contribution in [1.82, 2.24) is 9.97 Å². The summed E-state index contributed by atoms with van der Waals surface area (Å²) in [5.41, 5.74) is 5.63. The number of rotatable bonds is 4. The normalized spacial score (nSPS) is 13.1. The van der Waals surface area contributed by atoms with Crippen LogP contribution in [0.3, 0.4) is 0 Å². The monoisotopic (exact) mass is 271 g/mol. The van der Waals surface area contributed by atoms with Gasteiger partial charge in [-0.2, -0.15) is 0 Å². The summed E-state index contributed by atoms with van der Waals surface area (Å²) in [7, 11) is 0. The molecule has 4 N–H and O–H groups in total. The molecule has 0 spiro atoms. The van der Waals surface area contributed by atoms with E-state index in [0.717, 1.165) is 20.1 Å². The number of hydrogen-bond acceptors (Lipinski definition) is 7. The highest BCUT2D eigenvalue weighted by Gasteiger charge is 2.11. The fourth-order valence-corrected chi connectivity index (χ4v) is 3.25. The van der Waals surface area contributed by atoms with Crippen molar-refractivity contribution >= 4 is 39.3 Å². The van der Waals surface area contributed by atoms with E-state index in [1.54, 1.807) is 11.3 Å². The molecule has 0 aliphatic heterocycles. The number of anilines is 1. The van der Waals surface area contributed by atoms with Gasteiger partial charge >= 0.3 is 0 Å². The van der Waals surface area contributed by atoms with E-state index in [9.17, 15) is 5.11 Å². The van der Waals surface area contributed by atoms with E-state index in [2.05, 4.69) is 9.97 Å². The summed E-state index contributed by atoms with van der Waals surface area (Å²) in [4.78, 5) is 10.3. The maximum Gasteiger partial charge on any atom is 0.222 e. The molecule has 1 atom stereocenters. The number of aryl methyl sites for hydroxylation is 1. The quantitative estimate of drug-likeness (QED) is 0.568. The van der Waals surface area contributed by atoms with Crippen molar-refractivity contribution in [3.05, 3.63) is 10.9 Å². The van der Waals surface area contributed by atoms with Gasteiger partial charge in [0.15, 0.2) is 0 Å². The molecule has 0 fully saturated rings. The van der Waals surface area contributed by atoms with E-state index in [0.29, 0.717) is 5.75 Å². The SMILES string of the molecule is Cc1cc2c(SCC(O)CO)nc(N)nc2s1. The molecule has 2 heterocycles. The third-order valence-corrected chi connectivity index (χ3v) is 4.20. The summed E-state index contributed by atoms with van der Waals surface area (Å²) in [5, 5.41) is 19.8. The Bertz CT molecular complexity index is 529. The highest BCUT2D eigenvalue weighted by atomic mass is 32.2. The smallest absolute Gasteiger partial charge is 0.222 e. The predicted octanol–water partition coefficient (Wildman–Crippen LogP) is 1.03. The second kappa shape index (κ2) is 5.18. The highest BCUT2D eigenvalue weighted by molar-refractivity contribution is 7.99. The van der Waals surface area contributed by atoms with Crippen molar-refractivity contribution < 1.29 is 10.2 Å². The second-order valence-corrected chi connectivity index (χ2v) is 5.85. The minimum Gasteiger partial charge on any atom is -0.394 e. The number of aliphatic hydroxyl groups is 2. The van der Waals surface area contributed by atoms with Crippen LogP contribution >= 0.6 is 23.1 Å². The average molecular weight is 271 g/mol. The molecule has 17 heavy (non-hydrogen) atoms. The van der Waals surface area contributed by atoms with Crippen LogP contribution < -0.4 is 5.73 Å². The Morgan fingerprint density at radius 3 is 3.00 bits per heavy atom. The maximum atomic E-state index is 9.32. The number of nitrogens with two attached hydrogens (primary N) is 1. The third kappa shape index (κ3) is 2.86. The van der Waals surface area contributed by atoms with Gasteiger partial charge in [-0.15, -0.1) is 23.1 Å². The second-order valence-electron chi connectivity index (χ2n) is 3.61. The van der Waals surface area contributed by atoms with E-state index in [4.69, 9.17) is 10.8 Å². The summed E-state index contributed by atoms with van der Waals surface area (Å²) >= 11 is 2.94. The molecule has 0 bridgehead atoms. The lowest BCUT2D eigenvalue weighted by Crippen LogP contribution is -2.14. The first kappa shape index (κ1) is 12.6. The molecule has 0 saturated heterocycles. The van der Waals surface area contributed by atoms with Gasteiger partial charge in [0.2, 0.25) is 5.95 Å². The van der Waals surface area contributed by atoms with Gasteiger partial charge in [-0.05, 0) is 13.0 Å². The van der Waals surface area contributed by atoms with Crippen molar-refractivity contribution in [3.8, 4) is 0 Å². The van der Waals surface area contributed by atoms with Gasteiger partial charge in [0.05, 0.1) is 12.7 Å². The van der Waals surface area contributed by atoms with Crippen LogP contribution in [-0.2, 0) is 0 Å². The molecule has 0 saturated carbocycles. The van der Waals surface area contributed by atoms with Gasteiger partial charge in [0.1, 0.15) is 9.86 Å². The molecule has 7 heteroatoms. The molecular formula is C10H13N3O2S2. The van der Waals surface area contributed by atoms with E-state index in [1.165, 1.54) is 11.8 Å². The lowest BCUT2D eigenvalue weighted by atomic mass is 10.4. The van der Waals surface area contributed by atoms with Gasteiger partial charge < -0.3 is 15.9 Å². The van der Waals surface area contributed by atoms with Crippen molar-refractivity contribution in [2.24, 2.45) is 0 Å². The molecule has 0 aliphatic carbocycles. The standard InChI is InChI=1S/C10H13N3O2S2/c1-5-2-7-8(16-4-6(15)3-14)12-10(11)13-9(7)17-5/h2,6,14-15H,3-4H2,1H3,(H2,11,12,13). The van der Waals surface area contributed by atoms with Crippen LogP contribution in [0.2, 0.25) is 0 Å². The number of thioether (sulfide) groups is 1. The van der Waals surface area contributed by atoms with Crippen LogP contribution in [0, 0.1) is 6.92 Å². The molecule has 2 rings (SSSR count).